The van der Waals surface area contributed by atoms with Crippen molar-refractivity contribution in [1.82, 2.24) is 0 Å². The molecular weight excluding hydrogens is 124 g/mol. The second-order valence-electron chi connectivity index (χ2n) is 3.20. The summed E-state index contributed by atoms with van der Waals surface area (Å²) in [5.74, 6) is 0. The van der Waals surface area contributed by atoms with Crippen LogP contribution in [0.3, 0.4) is 0 Å². The van der Waals surface area contributed by atoms with E-state index in [-0.39, 0.29) is 5.41 Å². The van der Waals surface area contributed by atoms with Gasteiger partial charge in [0.2, 0.25) is 0 Å². The van der Waals surface area contributed by atoms with Crippen LogP contribution >= 0.6 is 0 Å². The number of hydrogen-bond acceptors (Lipinski definition) is 2. The SMILES string of the molecule is CC1=CC(C)(C)C=NN=C1. The zero-order chi connectivity index (χ0) is 7.61. The van der Waals surface area contributed by atoms with Crippen LogP contribution in [0.1, 0.15) is 20.8 Å². The van der Waals surface area contributed by atoms with Gasteiger partial charge in [-0.05, 0) is 12.5 Å². The van der Waals surface area contributed by atoms with Crippen molar-refractivity contribution < 1.29 is 0 Å². The van der Waals surface area contributed by atoms with E-state index in [0.29, 0.717) is 0 Å². The Labute approximate surface area is 61.4 Å². The van der Waals surface area contributed by atoms with Gasteiger partial charge >= 0.3 is 0 Å². The molecule has 0 bridgehead atoms. The lowest BCUT2D eigenvalue weighted by molar-refractivity contribution is 0.690. The summed E-state index contributed by atoms with van der Waals surface area (Å²) in [6.45, 7) is 6.24. The van der Waals surface area contributed by atoms with Crippen molar-refractivity contribution in [1.29, 1.82) is 0 Å². The van der Waals surface area contributed by atoms with E-state index >= 15 is 0 Å². The van der Waals surface area contributed by atoms with Crippen molar-refractivity contribution in [3.8, 4) is 0 Å². The van der Waals surface area contributed by atoms with Crippen LogP contribution in [-0.2, 0) is 0 Å². The summed E-state index contributed by atoms with van der Waals surface area (Å²) in [5, 5.41) is 7.69. The summed E-state index contributed by atoms with van der Waals surface area (Å²) in [6.07, 6.45) is 5.76. The first kappa shape index (κ1) is 7.19. The first-order valence-electron chi connectivity index (χ1n) is 3.37. The van der Waals surface area contributed by atoms with Crippen molar-refractivity contribution >= 4 is 12.4 Å². The maximum Gasteiger partial charge on any atom is 0.0521 e. The summed E-state index contributed by atoms with van der Waals surface area (Å²) < 4.78 is 0. The average molecular weight is 136 g/mol. The highest BCUT2D eigenvalue weighted by Crippen LogP contribution is 2.17. The maximum absolute atomic E-state index is 3.87. The van der Waals surface area contributed by atoms with Crippen LogP contribution in [0.4, 0.5) is 0 Å². The van der Waals surface area contributed by atoms with Gasteiger partial charge in [-0.3, -0.25) is 0 Å². The minimum Gasteiger partial charge on any atom is -0.163 e. The van der Waals surface area contributed by atoms with Crippen molar-refractivity contribution in [2.45, 2.75) is 20.8 Å². The number of rotatable bonds is 0. The molecule has 1 heterocycles. The first-order valence-corrected chi connectivity index (χ1v) is 3.37. The van der Waals surface area contributed by atoms with Gasteiger partial charge in [-0.25, -0.2) is 0 Å². The van der Waals surface area contributed by atoms with Gasteiger partial charge in [0.1, 0.15) is 0 Å². The van der Waals surface area contributed by atoms with E-state index in [9.17, 15) is 0 Å². The van der Waals surface area contributed by atoms with E-state index in [4.69, 9.17) is 0 Å². The first-order chi connectivity index (χ1) is 4.60. The van der Waals surface area contributed by atoms with E-state index in [0.717, 1.165) is 0 Å². The normalized spacial score (nSPS) is 22.1. The van der Waals surface area contributed by atoms with E-state index in [1.54, 1.807) is 6.21 Å². The largest absolute Gasteiger partial charge is 0.163 e. The number of allylic oxidation sites excluding steroid dienone is 2. The van der Waals surface area contributed by atoms with Crippen molar-refractivity contribution in [3.63, 3.8) is 0 Å². The van der Waals surface area contributed by atoms with Gasteiger partial charge in [0, 0.05) is 11.6 Å². The van der Waals surface area contributed by atoms with Crippen molar-refractivity contribution in [2.75, 3.05) is 0 Å². The molecule has 0 atom stereocenters. The Kier molecular flexibility index (Phi) is 1.70. The molecule has 0 fully saturated rings. The van der Waals surface area contributed by atoms with Crippen LogP contribution in [0, 0.1) is 5.41 Å². The van der Waals surface area contributed by atoms with Gasteiger partial charge in [0.05, 0.1) is 6.21 Å². The standard InChI is InChI=1S/C8H12N2/c1-7-4-8(2,3)6-10-9-5-7/h4-6H,1-3H3. The van der Waals surface area contributed by atoms with E-state index in [2.05, 4.69) is 30.1 Å². The van der Waals surface area contributed by atoms with Crippen LogP contribution < -0.4 is 0 Å². The van der Waals surface area contributed by atoms with Crippen molar-refractivity contribution in [2.24, 2.45) is 15.6 Å². The molecule has 0 aromatic carbocycles. The Morgan fingerprint density at radius 2 is 2.00 bits per heavy atom. The van der Waals surface area contributed by atoms with Crippen LogP contribution in [-0.4, -0.2) is 12.4 Å². The molecule has 0 aliphatic carbocycles. The zero-order valence-corrected chi connectivity index (χ0v) is 6.63. The monoisotopic (exact) mass is 136 g/mol. The Hall–Kier alpha value is -0.920. The summed E-state index contributed by atoms with van der Waals surface area (Å²) in [4.78, 5) is 0. The number of hydrogen-bond donors (Lipinski definition) is 0. The molecule has 0 N–H and O–H groups in total. The van der Waals surface area contributed by atoms with Crippen LogP contribution in [0.5, 0.6) is 0 Å². The fourth-order valence-corrected chi connectivity index (χ4v) is 0.968. The fraction of sp³-hybridized carbons (Fsp3) is 0.500. The summed E-state index contributed by atoms with van der Waals surface area (Å²) in [7, 11) is 0. The highest BCUT2D eigenvalue weighted by Gasteiger charge is 2.11. The predicted molar refractivity (Wildman–Crippen MR) is 44.5 cm³/mol. The third-order valence-corrected chi connectivity index (χ3v) is 1.32. The van der Waals surface area contributed by atoms with E-state index < -0.39 is 0 Å². The molecule has 0 aromatic heterocycles. The average Bonchev–Trinajstić information content (AvgIpc) is 1.90. The van der Waals surface area contributed by atoms with Crippen LogP contribution in [0.2, 0.25) is 0 Å². The molecule has 0 amide bonds. The van der Waals surface area contributed by atoms with E-state index in [1.807, 2.05) is 13.1 Å². The maximum atomic E-state index is 3.87. The molecule has 0 unspecified atom stereocenters. The van der Waals surface area contributed by atoms with Gasteiger partial charge in [0.15, 0.2) is 0 Å². The number of nitrogens with zero attached hydrogens (tertiary/aromatic N) is 2. The molecule has 1 rings (SSSR count). The predicted octanol–water partition coefficient (Wildman–Crippen LogP) is 2.03. The lowest BCUT2D eigenvalue weighted by Gasteiger charge is -2.11. The minimum atomic E-state index is 0.0561. The lowest BCUT2D eigenvalue weighted by atomic mass is 9.93. The van der Waals surface area contributed by atoms with Gasteiger partial charge < -0.3 is 0 Å². The third kappa shape index (κ3) is 1.79. The molecule has 10 heavy (non-hydrogen) atoms. The molecule has 0 aromatic rings. The van der Waals surface area contributed by atoms with Crippen molar-refractivity contribution in [3.05, 3.63) is 11.6 Å². The topological polar surface area (TPSA) is 24.7 Å². The molecule has 1 aliphatic rings. The van der Waals surface area contributed by atoms with Crippen LogP contribution in [0.25, 0.3) is 0 Å². The fourth-order valence-electron chi connectivity index (χ4n) is 0.968. The van der Waals surface area contributed by atoms with E-state index in [1.165, 1.54) is 5.57 Å². The highest BCUT2D eigenvalue weighted by molar-refractivity contribution is 5.82. The molecule has 0 saturated heterocycles. The molecule has 2 heteroatoms. The van der Waals surface area contributed by atoms with Gasteiger partial charge in [-0.2, -0.15) is 10.2 Å². The Balaban J connectivity index is 2.93. The molecule has 0 saturated carbocycles. The van der Waals surface area contributed by atoms with Gasteiger partial charge in [0.25, 0.3) is 0 Å². The lowest BCUT2D eigenvalue weighted by Crippen LogP contribution is -2.08. The van der Waals surface area contributed by atoms with Gasteiger partial charge in [-0.1, -0.05) is 19.9 Å². The second-order valence-corrected chi connectivity index (χ2v) is 3.20. The summed E-state index contributed by atoms with van der Waals surface area (Å²) in [6, 6.07) is 0. The van der Waals surface area contributed by atoms with Gasteiger partial charge in [-0.15, -0.1) is 0 Å². The molecule has 0 radical (unpaired) electrons. The summed E-state index contributed by atoms with van der Waals surface area (Å²) >= 11 is 0. The Morgan fingerprint density at radius 3 is 2.70 bits per heavy atom. The smallest absolute Gasteiger partial charge is 0.0521 e. The minimum absolute atomic E-state index is 0.0561. The highest BCUT2D eigenvalue weighted by atomic mass is 15.2. The van der Waals surface area contributed by atoms with Crippen LogP contribution in [0.15, 0.2) is 21.9 Å². The quantitative estimate of drug-likeness (QED) is 0.487. The molecule has 1 aliphatic heterocycles. The second kappa shape index (κ2) is 2.37. The zero-order valence-electron chi connectivity index (χ0n) is 6.63. The molecular formula is C8H12N2. The third-order valence-electron chi connectivity index (χ3n) is 1.32. The molecule has 0 spiro atoms. The summed E-state index contributed by atoms with van der Waals surface area (Å²) in [5.41, 5.74) is 1.23. The Morgan fingerprint density at radius 1 is 1.30 bits per heavy atom. The Bertz CT molecular complexity index is 209. The molecule has 54 valence electrons. The molecule has 2 nitrogen and oxygen atoms in total.